The number of nitrogens with two attached hydrogens (primary N) is 1. The van der Waals surface area contributed by atoms with Crippen LogP contribution in [-0.2, 0) is 4.79 Å². The van der Waals surface area contributed by atoms with Crippen LogP contribution in [0.1, 0.15) is 78.6 Å². The number of carbonyl (C=O) groups excluding carboxylic acids is 1. The molecule has 0 unspecified atom stereocenters. The second kappa shape index (κ2) is 9.16. The summed E-state index contributed by atoms with van der Waals surface area (Å²) in [5, 5.41) is 36.1. The fraction of sp³-hybridized carbons (Fsp3) is 0.962. The van der Waals surface area contributed by atoms with Crippen molar-refractivity contribution in [3.63, 3.8) is 0 Å². The van der Waals surface area contributed by atoms with E-state index in [0.29, 0.717) is 49.1 Å². The molecule has 184 valence electrons. The molecule has 0 aromatic heterocycles. The first-order chi connectivity index (χ1) is 15.1. The summed E-state index contributed by atoms with van der Waals surface area (Å²) < 4.78 is 0. The summed E-state index contributed by atoms with van der Waals surface area (Å²) in [5.41, 5.74) is 5.39. The fourth-order valence-electron chi connectivity index (χ4n) is 8.99. The summed E-state index contributed by atoms with van der Waals surface area (Å²) in [5.74, 6) is 2.03. The zero-order chi connectivity index (χ0) is 23.3. The minimum absolute atomic E-state index is 0.0624. The van der Waals surface area contributed by atoms with Gasteiger partial charge in [0.05, 0.1) is 18.3 Å². The highest BCUT2D eigenvalue weighted by molar-refractivity contribution is 5.75. The van der Waals surface area contributed by atoms with Gasteiger partial charge < -0.3 is 26.4 Å². The lowest BCUT2D eigenvalue weighted by atomic mass is 9.43. The van der Waals surface area contributed by atoms with Gasteiger partial charge >= 0.3 is 0 Å². The van der Waals surface area contributed by atoms with Crippen LogP contribution in [0.25, 0.3) is 0 Å². The highest BCUT2D eigenvalue weighted by Crippen LogP contribution is 2.68. The molecule has 0 saturated heterocycles. The van der Waals surface area contributed by atoms with Gasteiger partial charge in [0.25, 0.3) is 0 Å². The number of amides is 1. The lowest BCUT2D eigenvalue weighted by Crippen LogP contribution is -2.62. The van der Waals surface area contributed by atoms with Crippen LogP contribution >= 0.6 is 0 Å². The quantitative estimate of drug-likeness (QED) is 0.426. The molecule has 0 bridgehead atoms. The standard InChI is InChI=1S/C26H46N2O4/c1-15(4-7-23(32)28-11-10-27)18-5-6-19-24-20(14-22(31)26(18,19)3)25(2)9-8-17(29)12-16(25)13-21(24)30/h15-22,24,29-31H,4-14,27H2,1-3H3,(H,28,32)/t15-,16+,17-,18+,19+,20+,21-,22+,24+,25+,26-/m1/s1. The van der Waals surface area contributed by atoms with E-state index in [0.717, 1.165) is 51.4 Å². The molecule has 4 rings (SSSR count). The third kappa shape index (κ3) is 3.93. The number of fused-ring (bicyclic) bond motifs is 5. The Bertz CT molecular complexity index is 689. The molecule has 1 amide bonds. The minimum Gasteiger partial charge on any atom is -0.393 e. The molecule has 6 N–H and O–H groups in total. The zero-order valence-corrected chi connectivity index (χ0v) is 20.3. The Balaban J connectivity index is 1.51. The highest BCUT2D eigenvalue weighted by atomic mass is 16.3. The lowest BCUT2D eigenvalue weighted by molar-refractivity contribution is -0.207. The summed E-state index contributed by atoms with van der Waals surface area (Å²) >= 11 is 0. The maximum Gasteiger partial charge on any atom is 0.220 e. The van der Waals surface area contributed by atoms with Crippen molar-refractivity contribution < 1.29 is 20.1 Å². The topological polar surface area (TPSA) is 116 Å². The predicted octanol–water partition coefficient (Wildman–Crippen LogP) is 2.44. The first kappa shape index (κ1) is 24.4. The Morgan fingerprint density at radius 3 is 2.56 bits per heavy atom. The van der Waals surface area contributed by atoms with Crippen molar-refractivity contribution >= 4 is 5.91 Å². The number of nitrogens with one attached hydrogen (secondary N) is 1. The van der Waals surface area contributed by atoms with Crippen LogP contribution in [0, 0.1) is 46.3 Å². The average Bonchev–Trinajstić information content (AvgIpc) is 3.11. The van der Waals surface area contributed by atoms with Crippen molar-refractivity contribution in [3.05, 3.63) is 0 Å². The molecule has 6 nitrogen and oxygen atoms in total. The Labute approximate surface area is 193 Å². The van der Waals surface area contributed by atoms with Gasteiger partial charge in [-0.1, -0.05) is 20.8 Å². The van der Waals surface area contributed by atoms with E-state index in [-0.39, 0.29) is 41.0 Å². The van der Waals surface area contributed by atoms with Gasteiger partial charge in [0.1, 0.15) is 0 Å². The number of aliphatic hydroxyl groups is 3. The third-order valence-corrected chi connectivity index (χ3v) is 10.8. The molecule has 32 heavy (non-hydrogen) atoms. The van der Waals surface area contributed by atoms with Crippen LogP contribution in [0.5, 0.6) is 0 Å². The van der Waals surface area contributed by atoms with Crippen molar-refractivity contribution in [1.82, 2.24) is 5.32 Å². The molecular weight excluding hydrogens is 404 g/mol. The number of aliphatic hydroxyl groups excluding tert-OH is 3. The van der Waals surface area contributed by atoms with E-state index >= 15 is 0 Å². The van der Waals surface area contributed by atoms with Gasteiger partial charge in [-0.05, 0) is 97.7 Å². The Kier molecular flexibility index (Phi) is 7.00. The second-order valence-corrected chi connectivity index (χ2v) is 12.2. The van der Waals surface area contributed by atoms with E-state index in [4.69, 9.17) is 5.73 Å². The SMILES string of the molecule is C[C@H](CCC(=O)NCCN)[C@@H]1CC[C@H]2[C@@H]3[C@H](O)C[C@@H]4C[C@H](O)CC[C@]4(C)[C@H]3C[C@H](O)[C@@]21C. The Morgan fingerprint density at radius 1 is 1.09 bits per heavy atom. The molecule has 4 saturated carbocycles. The Hall–Kier alpha value is -0.690. The highest BCUT2D eigenvalue weighted by Gasteiger charge is 2.65. The molecule has 0 radical (unpaired) electrons. The van der Waals surface area contributed by atoms with E-state index in [1.807, 2.05) is 0 Å². The van der Waals surface area contributed by atoms with Crippen molar-refractivity contribution in [1.29, 1.82) is 0 Å². The molecular formula is C26H46N2O4. The van der Waals surface area contributed by atoms with Crippen LogP contribution in [0.4, 0.5) is 0 Å². The maximum atomic E-state index is 12.1. The molecule has 4 fully saturated rings. The summed E-state index contributed by atoms with van der Waals surface area (Å²) in [6.07, 6.45) is 6.70. The smallest absolute Gasteiger partial charge is 0.220 e. The number of hydrogen-bond donors (Lipinski definition) is 5. The summed E-state index contributed by atoms with van der Waals surface area (Å²) in [7, 11) is 0. The number of rotatable bonds is 6. The second-order valence-electron chi connectivity index (χ2n) is 12.2. The van der Waals surface area contributed by atoms with E-state index in [1.165, 1.54) is 0 Å². The average molecular weight is 451 g/mol. The van der Waals surface area contributed by atoms with Gasteiger partial charge in [0.2, 0.25) is 5.91 Å². The lowest BCUT2D eigenvalue weighted by Gasteiger charge is -2.63. The summed E-state index contributed by atoms with van der Waals surface area (Å²) in [4.78, 5) is 12.1. The minimum atomic E-state index is -0.371. The van der Waals surface area contributed by atoms with E-state index < -0.39 is 0 Å². The van der Waals surface area contributed by atoms with Crippen LogP contribution < -0.4 is 11.1 Å². The molecule has 11 atom stereocenters. The predicted molar refractivity (Wildman–Crippen MR) is 124 cm³/mol. The van der Waals surface area contributed by atoms with Crippen molar-refractivity contribution in [2.45, 2.75) is 96.9 Å². The van der Waals surface area contributed by atoms with Crippen molar-refractivity contribution in [2.75, 3.05) is 13.1 Å². The first-order valence-corrected chi connectivity index (χ1v) is 13.1. The Morgan fingerprint density at radius 2 is 1.84 bits per heavy atom. The number of hydrogen-bond acceptors (Lipinski definition) is 5. The summed E-state index contributed by atoms with van der Waals surface area (Å²) in [6, 6.07) is 0. The van der Waals surface area contributed by atoms with Crippen LogP contribution in [0.15, 0.2) is 0 Å². The van der Waals surface area contributed by atoms with Crippen molar-refractivity contribution in [2.24, 2.45) is 52.1 Å². The third-order valence-electron chi connectivity index (χ3n) is 10.8. The van der Waals surface area contributed by atoms with E-state index in [1.54, 1.807) is 0 Å². The summed E-state index contributed by atoms with van der Waals surface area (Å²) in [6.45, 7) is 7.86. The molecule has 0 heterocycles. The monoisotopic (exact) mass is 450 g/mol. The molecule has 0 aliphatic heterocycles. The first-order valence-electron chi connectivity index (χ1n) is 13.1. The molecule has 0 spiro atoms. The van der Waals surface area contributed by atoms with Gasteiger partial charge in [-0.25, -0.2) is 0 Å². The molecule has 4 aliphatic rings. The van der Waals surface area contributed by atoms with E-state index in [9.17, 15) is 20.1 Å². The van der Waals surface area contributed by atoms with Gasteiger partial charge in [-0.15, -0.1) is 0 Å². The molecule has 4 aliphatic carbocycles. The van der Waals surface area contributed by atoms with Gasteiger partial charge in [0.15, 0.2) is 0 Å². The maximum absolute atomic E-state index is 12.1. The zero-order valence-electron chi connectivity index (χ0n) is 20.3. The van der Waals surface area contributed by atoms with Crippen LogP contribution in [0.2, 0.25) is 0 Å². The van der Waals surface area contributed by atoms with Gasteiger partial charge in [-0.2, -0.15) is 0 Å². The van der Waals surface area contributed by atoms with E-state index in [2.05, 4.69) is 26.1 Å². The van der Waals surface area contributed by atoms with Crippen LogP contribution in [-0.4, -0.2) is 52.6 Å². The van der Waals surface area contributed by atoms with Crippen LogP contribution in [0.3, 0.4) is 0 Å². The fourth-order valence-corrected chi connectivity index (χ4v) is 8.99. The molecule has 6 heteroatoms. The van der Waals surface area contributed by atoms with Gasteiger partial charge in [-0.3, -0.25) is 4.79 Å². The van der Waals surface area contributed by atoms with Gasteiger partial charge in [0, 0.05) is 19.5 Å². The largest absolute Gasteiger partial charge is 0.393 e. The normalized spacial score (nSPS) is 49.0. The molecule has 0 aromatic carbocycles. The molecule has 0 aromatic rings. The number of carbonyl (C=O) groups is 1. The van der Waals surface area contributed by atoms with Crippen molar-refractivity contribution in [3.8, 4) is 0 Å².